The fraction of sp³-hybridized carbons (Fsp3) is 0.333. The largest absolute Gasteiger partial charge is 0.373 e. The Kier molecular flexibility index (Phi) is 4.45. The molecule has 0 fully saturated rings. The van der Waals surface area contributed by atoms with Crippen LogP contribution in [-0.2, 0) is 0 Å². The Morgan fingerprint density at radius 1 is 1.10 bits per heavy atom. The summed E-state index contributed by atoms with van der Waals surface area (Å²) in [7, 11) is 1.86. The molecule has 106 valence electrons. The van der Waals surface area contributed by atoms with E-state index in [4.69, 9.17) is 11.6 Å². The van der Waals surface area contributed by atoms with E-state index in [1.807, 2.05) is 38.2 Å². The van der Waals surface area contributed by atoms with Crippen LogP contribution in [0.1, 0.15) is 31.2 Å². The summed E-state index contributed by atoms with van der Waals surface area (Å²) in [5.41, 5.74) is 1.81. The van der Waals surface area contributed by atoms with Crippen molar-refractivity contribution in [3.8, 4) is 0 Å². The normalized spacial score (nSPS) is 10.7. The van der Waals surface area contributed by atoms with Crippen molar-refractivity contribution in [1.82, 2.24) is 9.97 Å². The Bertz CT molecular complexity index is 611. The van der Waals surface area contributed by atoms with E-state index in [0.717, 1.165) is 28.7 Å². The van der Waals surface area contributed by atoms with Crippen molar-refractivity contribution in [2.24, 2.45) is 0 Å². The zero-order chi connectivity index (χ0) is 14.7. The van der Waals surface area contributed by atoms with E-state index in [1.54, 1.807) is 0 Å². The van der Waals surface area contributed by atoms with Crippen molar-refractivity contribution in [2.75, 3.05) is 17.7 Å². The average Bonchev–Trinajstić information content (AvgIpc) is 2.43. The number of hydrogen-bond acceptors (Lipinski definition) is 4. The Labute approximate surface area is 124 Å². The molecule has 0 saturated carbocycles. The third kappa shape index (κ3) is 3.02. The molecule has 5 heteroatoms. The first-order chi connectivity index (χ1) is 9.52. The van der Waals surface area contributed by atoms with Crippen molar-refractivity contribution in [3.63, 3.8) is 0 Å². The van der Waals surface area contributed by atoms with Gasteiger partial charge in [0.25, 0.3) is 0 Å². The summed E-state index contributed by atoms with van der Waals surface area (Å²) in [4.78, 5) is 9.12. The van der Waals surface area contributed by atoms with Crippen molar-refractivity contribution in [2.45, 2.75) is 26.7 Å². The van der Waals surface area contributed by atoms with E-state index in [9.17, 15) is 0 Å². The van der Waals surface area contributed by atoms with Crippen LogP contribution >= 0.6 is 11.6 Å². The van der Waals surface area contributed by atoms with Gasteiger partial charge in [-0.15, -0.1) is 0 Å². The van der Waals surface area contributed by atoms with Gasteiger partial charge in [-0.3, -0.25) is 0 Å². The van der Waals surface area contributed by atoms with Gasteiger partial charge in [-0.2, -0.15) is 0 Å². The Morgan fingerprint density at radius 2 is 1.75 bits per heavy atom. The summed E-state index contributed by atoms with van der Waals surface area (Å²) in [5.74, 6) is 2.67. The monoisotopic (exact) mass is 290 g/mol. The molecule has 0 aliphatic heterocycles. The van der Waals surface area contributed by atoms with Gasteiger partial charge in [0.05, 0.1) is 10.7 Å². The predicted octanol–water partition coefficient (Wildman–Crippen LogP) is 4.35. The number of hydrogen-bond donors (Lipinski definition) is 2. The summed E-state index contributed by atoms with van der Waals surface area (Å²) in [6.45, 7) is 6.13. The highest BCUT2D eigenvalue weighted by Gasteiger charge is 2.13. The summed E-state index contributed by atoms with van der Waals surface area (Å²) in [5, 5.41) is 7.06. The van der Waals surface area contributed by atoms with Gasteiger partial charge in [0.2, 0.25) is 0 Å². The maximum Gasteiger partial charge on any atom is 0.139 e. The highest BCUT2D eigenvalue weighted by Crippen LogP contribution is 2.28. The topological polar surface area (TPSA) is 49.8 Å². The highest BCUT2D eigenvalue weighted by atomic mass is 35.5. The van der Waals surface area contributed by atoms with Crippen LogP contribution in [0, 0.1) is 6.92 Å². The quantitative estimate of drug-likeness (QED) is 0.879. The van der Waals surface area contributed by atoms with Crippen LogP contribution in [0.5, 0.6) is 0 Å². The first-order valence-electron chi connectivity index (χ1n) is 6.60. The van der Waals surface area contributed by atoms with E-state index in [0.29, 0.717) is 5.02 Å². The molecule has 0 amide bonds. The minimum Gasteiger partial charge on any atom is -0.373 e. The number of halogens is 1. The second kappa shape index (κ2) is 6.09. The van der Waals surface area contributed by atoms with Gasteiger partial charge in [0.1, 0.15) is 17.5 Å². The molecule has 1 heterocycles. The number of benzene rings is 1. The molecule has 0 unspecified atom stereocenters. The zero-order valence-electron chi connectivity index (χ0n) is 12.2. The molecule has 4 nitrogen and oxygen atoms in total. The molecular weight excluding hydrogens is 272 g/mol. The fourth-order valence-electron chi connectivity index (χ4n) is 1.85. The molecule has 1 aromatic carbocycles. The molecule has 1 aromatic heterocycles. The standard InChI is InChI=1S/C15H19ClN4/c1-9(2)13-19-14(17-4)10(3)15(20-13)18-12-8-6-5-7-11(12)16/h5-9H,1-4H3,(H2,17,18,19,20). The van der Waals surface area contributed by atoms with Crippen molar-refractivity contribution >= 4 is 28.9 Å². The fourth-order valence-corrected chi connectivity index (χ4v) is 2.03. The number of nitrogens with zero attached hydrogens (tertiary/aromatic N) is 2. The van der Waals surface area contributed by atoms with Crippen LogP contribution in [0.2, 0.25) is 5.02 Å². The lowest BCUT2D eigenvalue weighted by Crippen LogP contribution is -2.08. The minimum atomic E-state index is 0.259. The number of anilines is 3. The van der Waals surface area contributed by atoms with Crippen LogP contribution in [0.3, 0.4) is 0 Å². The van der Waals surface area contributed by atoms with Gasteiger partial charge in [0, 0.05) is 18.5 Å². The van der Waals surface area contributed by atoms with E-state index < -0.39 is 0 Å². The van der Waals surface area contributed by atoms with Crippen LogP contribution < -0.4 is 10.6 Å². The molecular formula is C15H19ClN4. The second-order valence-electron chi connectivity index (χ2n) is 4.91. The number of nitrogens with one attached hydrogen (secondary N) is 2. The van der Waals surface area contributed by atoms with Gasteiger partial charge in [0.15, 0.2) is 0 Å². The maximum absolute atomic E-state index is 6.18. The lowest BCUT2D eigenvalue weighted by molar-refractivity contribution is 0.775. The predicted molar refractivity (Wildman–Crippen MR) is 85.1 cm³/mol. The summed E-state index contributed by atoms with van der Waals surface area (Å²) in [6, 6.07) is 7.62. The SMILES string of the molecule is CNc1nc(C(C)C)nc(Nc2ccccc2Cl)c1C. The molecule has 0 aliphatic rings. The lowest BCUT2D eigenvalue weighted by atomic mass is 10.2. The molecule has 0 saturated heterocycles. The van der Waals surface area contributed by atoms with Gasteiger partial charge in [-0.05, 0) is 19.1 Å². The van der Waals surface area contributed by atoms with Crippen molar-refractivity contribution in [3.05, 3.63) is 40.7 Å². The van der Waals surface area contributed by atoms with E-state index >= 15 is 0 Å². The van der Waals surface area contributed by atoms with E-state index in [1.165, 1.54) is 0 Å². The summed E-state index contributed by atoms with van der Waals surface area (Å²) in [6.07, 6.45) is 0. The summed E-state index contributed by atoms with van der Waals surface area (Å²) >= 11 is 6.18. The molecule has 20 heavy (non-hydrogen) atoms. The molecule has 2 rings (SSSR count). The molecule has 0 radical (unpaired) electrons. The van der Waals surface area contributed by atoms with E-state index in [-0.39, 0.29) is 5.92 Å². The molecule has 2 N–H and O–H groups in total. The molecule has 0 bridgehead atoms. The highest BCUT2D eigenvalue weighted by molar-refractivity contribution is 6.33. The third-order valence-corrected chi connectivity index (χ3v) is 3.37. The van der Waals surface area contributed by atoms with Gasteiger partial charge in [-0.25, -0.2) is 9.97 Å². The molecule has 0 atom stereocenters. The smallest absolute Gasteiger partial charge is 0.139 e. The van der Waals surface area contributed by atoms with E-state index in [2.05, 4.69) is 34.4 Å². The van der Waals surface area contributed by atoms with Crippen LogP contribution in [0.15, 0.2) is 24.3 Å². The van der Waals surface area contributed by atoms with Gasteiger partial charge < -0.3 is 10.6 Å². The van der Waals surface area contributed by atoms with Crippen molar-refractivity contribution < 1.29 is 0 Å². The lowest BCUT2D eigenvalue weighted by Gasteiger charge is -2.15. The number of para-hydroxylation sites is 1. The Hall–Kier alpha value is -1.81. The van der Waals surface area contributed by atoms with Gasteiger partial charge >= 0.3 is 0 Å². The molecule has 0 spiro atoms. The van der Waals surface area contributed by atoms with Gasteiger partial charge in [-0.1, -0.05) is 37.6 Å². The van der Waals surface area contributed by atoms with Crippen LogP contribution in [0.4, 0.5) is 17.3 Å². The number of aromatic nitrogens is 2. The Morgan fingerprint density at radius 3 is 2.35 bits per heavy atom. The second-order valence-corrected chi connectivity index (χ2v) is 5.32. The van der Waals surface area contributed by atoms with Crippen LogP contribution in [0.25, 0.3) is 0 Å². The molecule has 0 aliphatic carbocycles. The first-order valence-corrected chi connectivity index (χ1v) is 6.98. The third-order valence-electron chi connectivity index (χ3n) is 3.04. The Balaban J connectivity index is 2.45. The minimum absolute atomic E-state index is 0.259. The van der Waals surface area contributed by atoms with Crippen LogP contribution in [-0.4, -0.2) is 17.0 Å². The summed E-state index contributed by atoms with van der Waals surface area (Å²) < 4.78 is 0. The van der Waals surface area contributed by atoms with Crippen molar-refractivity contribution in [1.29, 1.82) is 0 Å². The maximum atomic E-state index is 6.18. The first kappa shape index (κ1) is 14.6. The average molecular weight is 291 g/mol. The number of rotatable bonds is 4. The zero-order valence-corrected chi connectivity index (χ0v) is 12.9. The molecule has 2 aromatic rings.